The van der Waals surface area contributed by atoms with E-state index in [1.54, 1.807) is 27.7 Å². The Morgan fingerprint density at radius 2 is 1.58 bits per heavy atom. The van der Waals surface area contributed by atoms with Crippen molar-refractivity contribution in [3.8, 4) is 0 Å². The molecule has 0 heterocycles. The van der Waals surface area contributed by atoms with E-state index in [0.29, 0.717) is 12.8 Å². The Labute approximate surface area is 215 Å². The zero-order valence-corrected chi connectivity index (χ0v) is 24.6. The Kier molecular flexibility index (Phi) is 8.62. The van der Waals surface area contributed by atoms with Gasteiger partial charge in [-0.15, -0.1) is 0 Å². The highest BCUT2D eigenvalue weighted by Gasteiger charge is 2.72. The van der Waals surface area contributed by atoms with Gasteiger partial charge in [0.2, 0.25) is 5.91 Å². The van der Waals surface area contributed by atoms with Gasteiger partial charge in [-0.1, -0.05) is 20.8 Å². The number of ether oxygens (including phenoxy) is 3. The maximum absolute atomic E-state index is 13.9. The van der Waals surface area contributed by atoms with Crippen LogP contribution in [0, 0.1) is 17.8 Å². The van der Waals surface area contributed by atoms with E-state index in [9.17, 15) is 19.2 Å². The van der Waals surface area contributed by atoms with E-state index in [1.165, 1.54) is 14.2 Å². The standard InChI is InChI=1S/C25H44N2O8Si/c1-14(35-36(10,11)24(5,6)7)18(20(29)33-9)26-21(30)25(27-22(31)34-23(2,3)4)13-12-15-16(17(15)25)19(28)32-8/h14-18H,12-13H2,1-11H3,(H,26,30)(H,27,31)/t14?,15-,16-,17-,18-,25-/m0/s1. The first-order valence-electron chi connectivity index (χ1n) is 12.5. The number of amides is 2. The Bertz CT molecular complexity index is 878. The van der Waals surface area contributed by atoms with Crippen molar-refractivity contribution in [2.24, 2.45) is 17.8 Å². The van der Waals surface area contributed by atoms with E-state index in [0.717, 1.165) is 0 Å². The van der Waals surface area contributed by atoms with Crippen LogP contribution in [0.5, 0.6) is 0 Å². The fourth-order valence-electron chi connectivity index (χ4n) is 4.85. The van der Waals surface area contributed by atoms with Crippen molar-refractivity contribution in [3.63, 3.8) is 0 Å². The van der Waals surface area contributed by atoms with E-state index in [4.69, 9.17) is 18.6 Å². The number of fused-ring (bicyclic) bond motifs is 1. The molecule has 2 aliphatic rings. The third-order valence-corrected chi connectivity index (χ3v) is 12.3. The Morgan fingerprint density at radius 1 is 1.00 bits per heavy atom. The number of alkyl carbamates (subject to hydrolysis) is 1. The minimum atomic E-state index is -2.29. The first-order valence-corrected chi connectivity index (χ1v) is 15.4. The molecule has 0 aliphatic heterocycles. The molecule has 10 nitrogen and oxygen atoms in total. The Hall–Kier alpha value is -2.14. The SMILES string of the molecule is COC(=O)[C@H]1[C@@H]2CC[C@@](NC(=O)OC(C)(C)C)(C(=O)N[C@H](C(=O)OC)C(C)O[Si](C)(C)C(C)(C)C)[C@@H]21. The molecule has 0 saturated heterocycles. The highest BCUT2D eigenvalue weighted by Crippen LogP contribution is 2.62. The van der Waals surface area contributed by atoms with Crippen LogP contribution >= 0.6 is 0 Å². The zero-order chi connectivity index (χ0) is 27.9. The molecule has 0 aromatic heterocycles. The fourth-order valence-corrected chi connectivity index (χ4v) is 6.27. The lowest BCUT2D eigenvalue weighted by atomic mass is 9.88. The predicted molar refractivity (Wildman–Crippen MR) is 136 cm³/mol. The monoisotopic (exact) mass is 528 g/mol. The molecule has 2 N–H and O–H groups in total. The highest BCUT2D eigenvalue weighted by molar-refractivity contribution is 6.74. The van der Waals surface area contributed by atoms with Gasteiger partial charge in [0.1, 0.15) is 11.1 Å². The molecule has 1 unspecified atom stereocenters. The summed E-state index contributed by atoms with van der Waals surface area (Å²) >= 11 is 0. The van der Waals surface area contributed by atoms with Crippen molar-refractivity contribution in [3.05, 3.63) is 0 Å². The molecule has 2 saturated carbocycles. The molecule has 0 aromatic rings. The molecule has 2 rings (SSSR count). The summed E-state index contributed by atoms with van der Waals surface area (Å²) in [6.07, 6.45) is -0.610. The summed E-state index contributed by atoms with van der Waals surface area (Å²) in [6.45, 7) is 17.2. The van der Waals surface area contributed by atoms with Crippen LogP contribution in [-0.2, 0) is 33.0 Å². The molecule has 2 fully saturated rings. The van der Waals surface area contributed by atoms with Gasteiger partial charge in [-0.2, -0.15) is 0 Å². The van der Waals surface area contributed by atoms with E-state index < -0.39 is 67.4 Å². The van der Waals surface area contributed by atoms with Gasteiger partial charge in [0.15, 0.2) is 14.4 Å². The molecule has 36 heavy (non-hydrogen) atoms. The highest BCUT2D eigenvalue weighted by atomic mass is 28.4. The largest absolute Gasteiger partial charge is 0.469 e. The van der Waals surface area contributed by atoms with Crippen LogP contribution < -0.4 is 10.6 Å². The summed E-state index contributed by atoms with van der Waals surface area (Å²) in [7, 11) is 0.254. The summed E-state index contributed by atoms with van der Waals surface area (Å²) in [5.41, 5.74) is -2.22. The second-order valence-corrected chi connectivity index (χ2v) is 17.2. The van der Waals surface area contributed by atoms with Crippen LogP contribution in [0.1, 0.15) is 61.3 Å². The molecule has 2 amide bonds. The maximum atomic E-state index is 13.9. The van der Waals surface area contributed by atoms with Crippen LogP contribution in [0.25, 0.3) is 0 Å². The first-order chi connectivity index (χ1) is 16.3. The summed E-state index contributed by atoms with van der Waals surface area (Å²) in [5.74, 6) is -2.73. The molecule has 2 aliphatic carbocycles. The van der Waals surface area contributed by atoms with E-state index in [-0.39, 0.29) is 11.0 Å². The normalized spacial score (nSPS) is 27.2. The number of hydrogen-bond acceptors (Lipinski definition) is 8. The van der Waals surface area contributed by atoms with Gasteiger partial charge in [0, 0.05) is 5.92 Å². The number of nitrogens with one attached hydrogen (secondary N) is 2. The Balaban J connectivity index is 2.36. The number of methoxy groups -OCH3 is 2. The minimum absolute atomic E-state index is 0.101. The lowest BCUT2D eigenvalue weighted by molar-refractivity contribution is -0.149. The van der Waals surface area contributed by atoms with Crippen LogP contribution in [-0.4, -0.2) is 69.8 Å². The van der Waals surface area contributed by atoms with E-state index >= 15 is 0 Å². The van der Waals surface area contributed by atoms with Gasteiger partial charge in [-0.05, 0) is 64.6 Å². The molecule has 206 valence electrons. The fraction of sp³-hybridized carbons (Fsp3) is 0.840. The smallest absolute Gasteiger partial charge is 0.408 e. The number of esters is 2. The molecular weight excluding hydrogens is 484 g/mol. The zero-order valence-electron chi connectivity index (χ0n) is 23.6. The minimum Gasteiger partial charge on any atom is -0.469 e. The van der Waals surface area contributed by atoms with Gasteiger partial charge < -0.3 is 29.3 Å². The molecule has 0 bridgehead atoms. The second kappa shape index (κ2) is 10.3. The third kappa shape index (κ3) is 6.22. The lowest BCUT2D eigenvalue weighted by Gasteiger charge is -2.40. The van der Waals surface area contributed by atoms with Crippen molar-refractivity contribution in [1.29, 1.82) is 0 Å². The number of carbonyl (C=O) groups is 4. The van der Waals surface area contributed by atoms with Gasteiger partial charge in [-0.25, -0.2) is 9.59 Å². The van der Waals surface area contributed by atoms with Crippen molar-refractivity contribution in [2.45, 2.75) is 103 Å². The predicted octanol–water partition coefficient (Wildman–Crippen LogP) is 3.15. The molecule has 0 spiro atoms. The number of hydrogen-bond donors (Lipinski definition) is 2. The van der Waals surface area contributed by atoms with Crippen molar-refractivity contribution >= 4 is 32.3 Å². The topological polar surface area (TPSA) is 129 Å². The first kappa shape index (κ1) is 30.1. The molecule has 0 radical (unpaired) electrons. The van der Waals surface area contributed by atoms with Crippen molar-refractivity contribution < 1.29 is 37.8 Å². The average molecular weight is 529 g/mol. The van der Waals surface area contributed by atoms with Crippen LogP contribution in [0.15, 0.2) is 0 Å². The van der Waals surface area contributed by atoms with Crippen molar-refractivity contribution in [2.75, 3.05) is 14.2 Å². The van der Waals surface area contributed by atoms with Gasteiger partial charge in [0.25, 0.3) is 0 Å². The maximum Gasteiger partial charge on any atom is 0.408 e. The number of rotatable bonds is 8. The van der Waals surface area contributed by atoms with Gasteiger partial charge in [0.05, 0.1) is 26.2 Å². The summed E-state index contributed by atoms with van der Waals surface area (Å²) in [6, 6.07) is -1.11. The van der Waals surface area contributed by atoms with Crippen LogP contribution in [0.4, 0.5) is 4.79 Å². The molecule has 6 atom stereocenters. The second-order valence-electron chi connectivity index (χ2n) is 12.4. The van der Waals surface area contributed by atoms with Gasteiger partial charge >= 0.3 is 18.0 Å². The lowest BCUT2D eigenvalue weighted by Crippen LogP contribution is -2.64. The van der Waals surface area contributed by atoms with Crippen LogP contribution in [0.3, 0.4) is 0 Å². The van der Waals surface area contributed by atoms with Crippen LogP contribution in [0.2, 0.25) is 18.1 Å². The van der Waals surface area contributed by atoms with Crippen molar-refractivity contribution in [1.82, 2.24) is 10.6 Å². The number of carbonyl (C=O) groups excluding carboxylic acids is 4. The summed E-state index contributed by atoms with van der Waals surface area (Å²) in [4.78, 5) is 51.8. The molecule has 11 heteroatoms. The Morgan fingerprint density at radius 3 is 2.06 bits per heavy atom. The molecule has 0 aromatic carbocycles. The summed E-state index contributed by atoms with van der Waals surface area (Å²) in [5, 5.41) is 5.43. The quantitative estimate of drug-likeness (QED) is 0.279. The van der Waals surface area contributed by atoms with E-state index in [2.05, 4.69) is 44.5 Å². The average Bonchev–Trinajstić information content (AvgIpc) is 3.35. The van der Waals surface area contributed by atoms with E-state index in [1.807, 2.05) is 0 Å². The third-order valence-electron chi connectivity index (χ3n) is 7.71. The van der Waals surface area contributed by atoms with Gasteiger partial charge in [-0.3, -0.25) is 9.59 Å². The molecular formula is C25H44N2O8Si. The summed E-state index contributed by atoms with van der Waals surface area (Å²) < 4.78 is 21.7.